The second-order valence-electron chi connectivity index (χ2n) is 5.55. The molecule has 1 aromatic carbocycles. The van der Waals surface area contributed by atoms with Gasteiger partial charge in [-0.2, -0.15) is 0 Å². The number of nitrogens with two attached hydrogens (primary N) is 1. The maximum Gasteiger partial charge on any atom is 0.0206 e. The Kier molecular flexibility index (Phi) is 5.69. The van der Waals surface area contributed by atoms with Gasteiger partial charge in [0.1, 0.15) is 0 Å². The van der Waals surface area contributed by atoms with Crippen LogP contribution < -0.4 is 11.1 Å². The molecular formula is C16H26N2. The number of hydrogen-bond donors (Lipinski definition) is 2. The second kappa shape index (κ2) is 7.55. The fourth-order valence-electron chi connectivity index (χ4n) is 2.79. The van der Waals surface area contributed by atoms with E-state index >= 15 is 0 Å². The van der Waals surface area contributed by atoms with Crippen molar-refractivity contribution in [3.05, 3.63) is 35.9 Å². The fourth-order valence-corrected chi connectivity index (χ4v) is 2.79. The maximum absolute atomic E-state index is 6.20. The van der Waals surface area contributed by atoms with E-state index in [1.165, 1.54) is 44.1 Å². The summed E-state index contributed by atoms with van der Waals surface area (Å²) in [5.41, 5.74) is 7.54. The SMILES string of the molecule is NC(CNC1CCCCCC1)Cc1ccccc1. The normalized spacial score (nSPS) is 19.4. The lowest BCUT2D eigenvalue weighted by atomic mass is 10.1. The lowest BCUT2D eigenvalue weighted by Gasteiger charge is -2.19. The molecule has 0 amide bonds. The standard InChI is InChI=1S/C16H26N2/c17-15(12-14-8-4-3-5-9-14)13-18-16-10-6-1-2-7-11-16/h3-5,8-9,15-16,18H,1-2,6-7,10-13,17H2. The van der Waals surface area contributed by atoms with Crippen LogP contribution in [0.15, 0.2) is 30.3 Å². The maximum atomic E-state index is 6.20. The van der Waals surface area contributed by atoms with Gasteiger partial charge in [0.15, 0.2) is 0 Å². The van der Waals surface area contributed by atoms with E-state index in [0.717, 1.165) is 13.0 Å². The van der Waals surface area contributed by atoms with Crippen LogP contribution in [0.2, 0.25) is 0 Å². The van der Waals surface area contributed by atoms with E-state index in [-0.39, 0.29) is 6.04 Å². The number of hydrogen-bond acceptors (Lipinski definition) is 2. The molecule has 3 N–H and O–H groups in total. The van der Waals surface area contributed by atoms with Crippen molar-refractivity contribution in [2.45, 2.75) is 57.0 Å². The summed E-state index contributed by atoms with van der Waals surface area (Å²) >= 11 is 0. The first-order chi connectivity index (χ1) is 8.84. The Hall–Kier alpha value is -0.860. The fraction of sp³-hybridized carbons (Fsp3) is 0.625. The lowest BCUT2D eigenvalue weighted by molar-refractivity contribution is 0.437. The van der Waals surface area contributed by atoms with Gasteiger partial charge >= 0.3 is 0 Å². The first-order valence-electron chi connectivity index (χ1n) is 7.37. The number of nitrogens with one attached hydrogen (secondary N) is 1. The average molecular weight is 246 g/mol. The summed E-state index contributed by atoms with van der Waals surface area (Å²) in [7, 11) is 0. The minimum Gasteiger partial charge on any atom is -0.326 e. The smallest absolute Gasteiger partial charge is 0.0206 e. The molecule has 0 saturated heterocycles. The summed E-state index contributed by atoms with van der Waals surface area (Å²) in [4.78, 5) is 0. The molecule has 0 radical (unpaired) electrons. The predicted octanol–water partition coefficient (Wildman–Crippen LogP) is 2.87. The summed E-state index contributed by atoms with van der Waals surface area (Å²) in [5, 5.41) is 3.66. The van der Waals surface area contributed by atoms with Gasteiger partial charge in [-0.15, -0.1) is 0 Å². The second-order valence-corrected chi connectivity index (χ2v) is 5.55. The molecule has 0 aliphatic heterocycles. The van der Waals surface area contributed by atoms with E-state index in [0.29, 0.717) is 6.04 Å². The van der Waals surface area contributed by atoms with E-state index in [9.17, 15) is 0 Å². The van der Waals surface area contributed by atoms with Crippen molar-refractivity contribution < 1.29 is 0 Å². The topological polar surface area (TPSA) is 38.0 Å². The van der Waals surface area contributed by atoms with Crippen LogP contribution >= 0.6 is 0 Å². The van der Waals surface area contributed by atoms with Gasteiger partial charge in [0.25, 0.3) is 0 Å². The Bertz CT molecular complexity index is 315. The molecule has 1 fully saturated rings. The first-order valence-corrected chi connectivity index (χ1v) is 7.37. The highest BCUT2D eigenvalue weighted by molar-refractivity contribution is 5.15. The molecule has 2 heteroatoms. The van der Waals surface area contributed by atoms with Gasteiger partial charge in [-0.3, -0.25) is 0 Å². The van der Waals surface area contributed by atoms with Crippen molar-refractivity contribution in [3.63, 3.8) is 0 Å². The Morgan fingerprint density at radius 2 is 1.72 bits per heavy atom. The number of rotatable bonds is 5. The van der Waals surface area contributed by atoms with Crippen LogP contribution in [0.3, 0.4) is 0 Å². The summed E-state index contributed by atoms with van der Waals surface area (Å²) in [6.07, 6.45) is 9.22. The van der Waals surface area contributed by atoms with Crippen LogP contribution in [0.1, 0.15) is 44.1 Å². The van der Waals surface area contributed by atoms with Crippen molar-refractivity contribution >= 4 is 0 Å². The summed E-state index contributed by atoms with van der Waals surface area (Å²) in [6.45, 7) is 0.944. The Labute approximate surface area is 111 Å². The van der Waals surface area contributed by atoms with Gasteiger partial charge < -0.3 is 11.1 Å². The molecule has 1 aliphatic rings. The highest BCUT2D eigenvalue weighted by Crippen LogP contribution is 2.17. The van der Waals surface area contributed by atoms with Crippen LogP contribution in [0, 0.1) is 0 Å². The van der Waals surface area contributed by atoms with E-state index in [4.69, 9.17) is 5.73 Å². The van der Waals surface area contributed by atoms with Crippen LogP contribution in [0.25, 0.3) is 0 Å². The monoisotopic (exact) mass is 246 g/mol. The zero-order valence-electron chi connectivity index (χ0n) is 11.3. The minimum atomic E-state index is 0.232. The first kappa shape index (κ1) is 13.6. The Morgan fingerprint density at radius 3 is 2.39 bits per heavy atom. The van der Waals surface area contributed by atoms with E-state index < -0.39 is 0 Å². The quantitative estimate of drug-likeness (QED) is 0.784. The molecule has 1 atom stereocenters. The molecule has 0 heterocycles. The van der Waals surface area contributed by atoms with Crippen molar-refractivity contribution in [3.8, 4) is 0 Å². The van der Waals surface area contributed by atoms with Gasteiger partial charge in [0.2, 0.25) is 0 Å². The van der Waals surface area contributed by atoms with E-state index in [1.54, 1.807) is 0 Å². The van der Waals surface area contributed by atoms with Crippen LogP contribution in [-0.4, -0.2) is 18.6 Å². The van der Waals surface area contributed by atoms with Crippen molar-refractivity contribution in [2.75, 3.05) is 6.54 Å². The minimum absolute atomic E-state index is 0.232. The third-order valence-electron chi connectivity index (χ3n) is 3.86. The van der Waals surface area contributed by atoms with Crippen molar-refractivity contribution in [1.82, 2.24) is 5.32 Å². The average Bonchev–Trinajstić information content (AvgIpc) is 2.66. The van der Waals surface area contributed by atoms with Gasteiger partial charge in [-0.05, 0) is 24.8 Å². The molecule has 0 spiro atoms. The molecule has 0 aromatic heterocycles. The van der Waals surface area contributed by atoms with Crippen molar-refractivity contribution in [2.24, 2.45) is 5.73 Å². The van der Waals surface area contributed by atoms with E-state index in [2.05, 4.69) is 35.6 Å². The molecule has 0 bridgehead atoms. The van der Waals surface area contributed by atoms with Gasteiger partial charge in [0, 0.05) is 18.6 Å². The molecule has 2 rings (SSSR count). The molecule has 1 aromatic rings. The summed E-state index contributed by atoms with van der Waals surface area (Å²) in [6, 6.07) is 11.5. The summed E-state index contributed by atoms with van der Waals surface area (Å²) in [5.74, 6) is 0. The van der Waals surface area contributed by atoms with Gasteiger partial charge in [0.05, 0.1) is 0 Å². The number of benzene rings is 1. The molecule has 1 unspecified atom stereocenters. The Morgan fingerprint density at radius 1 is 1.06 bits per heavy atom. The predicted molar refractivity (Wildman–Crippen MR) is 77.6 cm³/mol. The molecule has 18 heavy (non-hydrogen) atoms. The molecule has 1 aliphatic carbocycles. The van der Waals surface area contributed by atoms with Crippen molar-refractivity contribution in [1.29, 1.82) is 0 Å². The third-order valence-corrected chi connectivity index (χ3v) is 3.86. The molecule has 2 nitrogen and oxygen atoms in total. The van der Waals surface area contributed by atoms with E-state index in [1.807, 2.05) is 0 Å². The zero-order chi connectivity index (χ0) is 12.6. The third kappa shape index (κ3) is 4.79. The molecule has 1 saturated carbocycles. The lowest BCUT2D eigenvalue weighted by Crippen LogP contribution is -2.40. The van der Waals surface area contributed by atoms with Crippen LogP contribution in [0.5, 0.6) is 0 Å². The van der Waals surface area contributed by atoms with Crippen LogP contribution in [0.4, 0.5) is 0 Å². The molecule has 100 valence electrons. The largest absolute Gasteiger partial charge is 0.326 e. The van der Waals surface area contributed by atoms with Gasteiger partial charge in [-0.1, -0.05) is 56.0 Å². The van der Waals surface area contributed by atoms with Gasteiger partial charge in [-0.25, -0.2) is 0 Å². The molecular weight excluding hydrogens is 220 g/mol. The highest BCUT2D eigenvalue weighted by atomic mass is 14.9. The summed E-state index contributed by atoms with van der Waals surface area (Å²) < 4.78 is 0. The zero-order valence-corrected chi connectivity index (χ0v) is 11.3. The Balaban J connectivity index is 1.69. The highest BCUT2D eigenvalue weighted by Gasteiger charge is 2.12. The van der Waals surface area contributed by atoms with Crippen LogP contribution in [-0.2, 0) is 6.42 Å².